The predicted octanol–water partition coefficient (Wildman–Crippen LogP) is 1.90. The third-order valence-electron chi connectivity index (χ3n) is 4.24. The van der Waals surface area contributed by atoms with Crippen LogP contribution in [0.15, 0.2) is 24.3 Å². The van der Waals surface area contributed by atoms with E-state index in [9.17, 15) is 0 Å². The molecule has 20 heavy (non-hydrogen) atoms. The van der Waals surface area contributed by atoms with Crippen LogP contribution in [-0.4, -0.2) is 49.8 Å². The molecule has 0 saturated carbocycles. The fourth-order valence-electron chi connectivity index (χ4n) is 2.92. The minimum Gasteiger partial charge on any atom is -0.486 e. The van der Waals surface area contributed by atoms with Gasteiger partial charge >= 0.3 is 0 Å². The van der Waals surface area contributed by atoms with Crippen molar-refractivity contribution in [2.75, 3.05) is 32.8 Å². The maximum absolute atomic E-state index is 5.97. The average molecular weight is 276 g/mol. The van der Waals surface area contributed by atoms with Crippen LogP contribution in [0.5, 0.6) is 11.5 Å². The van der Waals surface area contributed by atoms with Gasteiger partial charge in [0.2, 0.25) is 0 Å². The molecule has 1 N–H and O–H groups in total. The van der Waals surface area contributed by atoms with Gasteiger partial charge in [-0.2, -0.15) is 0 Å². The average Bonchev–Trinajstić information content (AvgIpc) is 2.53. The van der Waals surface area contributed by atoms with Crippen LogP contribution in [-0.2, 0) is 0 Å². The number of ether oxygens (including phenoxy) is 2. The molecular weight excluding hydrogens is 252 g/mol. The van der Waals surface area contributed by atoms with Gasteiger partial charge in [0.15, 0.2) is 11.5 Å². The van der Waals surface area contributed by atoms with Gasteiger partial charge in [-0.1, -0.05) is 19.1 Å². The first-order valence-corrected chi connectivity index (χ1v) is 7.69. The quantitative estimate of drug-likeness (QED) is 0.911. The lowest BCUT2D eigenvalue weighted by molar-refractivity contribution is 0.0848. The number of rotatable bonds is 4. The summed E-state index contributed by atoms with van der Waals surface area (Å²) in [6.07, 6.45) is 2.59. The van der Waals surface area contributed by atoms with Crippen LogP contribution < -0.4 is 14.8 Å². The molecule has 4 heteroatoms. The third kappa shape index (κ3) is 3.25. The van der Waals surface area contributed by atoms with Crippen molar-refractivity contribution in [1.29, 1.82) is 0 Å². The molecule has 1 saturated heterocycles. The molecule has 110 valence electrons. The first-order valence-electron chi connectivity index (χ1n) is 7.69. The van der Waals surface area contributed by atoms with Gasteiger partial charge in [-0.3, -0.25) is 0 Å². The summed E-state index contributed by atoms with van der Waals surface area (Å²) in [4.78, 5) is 2.51. The van der Waals surface area contributed by atoms with E-state index in [1.807, 2.05) is 24.3 Å². The molecule has 0 amide bonds. The van der Waals surface area contributed by atoms with Crippen LogP contribution in [0.3, 0.4) is 0 Å². The summed E-state index contributed by atoms with van der Waals surface area (Å²) in [6.45, 7) is 7.32. The van der Waals surface area contributed by atoms with Crippen LogP contribution in [0.2, 0.25) is 0 Å². The smallest absolute Gasteiger partial charge is 0.161 e. The molecule has 0 aromatic heterocycles. The minimum atomic E-state index is 0.120. The first-order chi connectivity index (χ1) is 9.85. The molecule has 0 bridgehead atoms. The number of nitrogens with one attached hydrogen (secondary N) is 1. The van der Waals surface area contributed by atoms with Gasteiger partial charge in [0.25, 0.3) is 0 Å². The Kier molecular flexibility index (Phi) is 4.43. The van der Waals surface area contributed by atoms with Gasteiger partial charge < -0.3 is 19.7 Å². The van der Waals surface area contributed by atoms with Gasteiger partial charge in [0.05, 0.1) is 0 Å². The monoisotopic (exact) mass is 276 g/mol. The van der Waals surface area contributed by atoms with E-state index in [0.717, 1.165) is 18.0 Å². The van der Waals surface area contributed by atoms with Gasteiger partial charge in [0, 0.05) is 12.6 Å². The van der Waals surface area contributed by atoms with Crippen molar-refractivity contribution in [2.24, 2.45) is 0 Å². The summed E-state index contributed by atoms with van der Waals surface area (Å²) in [6, 6.07) is 8.51. The van der Waals surface area contributed by atoms with Gasteiger partial charge in [0.1, 0.15) is 12.7 Å². The molecule has 1 atom stereocenters. The summed E-state index contributed by atoms with van der Waals surface area (Å²) in [5.41, 5.74) is 0. The lowest BCUT2D eigenvalue weighted by Crippen LogP contribution is -2.47. The summed E-state index contributed by atoms with van der Waals surface area (Å²) in [5, 5.41) is 3.64. The van der Waals surface area contributed by atoms with Crippen LogP contribution in [0.25, 0.3) is 0 Å². The number of hydrogen-bond donors (Lipinski definition) is 1. The lowest BCUT2D eigenvalue weighted by atomic mass is 10.0. The number of benzene rings is 1. The van der Waals surface area contributed by atoms with E-state index in [0.29, 0.717) is 12.6 Å². The van der Waals surface area contributed by atoms with E-state index in [1.165, 1.54) is 32.5 Å². The molecule has 1 fully saturated rings. The maximum Gasteiger partial charge on any atom is 0.161 e. The number of fused-ring (bicyclic) bond motifs is 1. The molecule has 1 aromatic rings. The van der Waals surface area contributed by atoms with E-state index in [-0.39, 0.29) is 6.10 Å². The van der Waals surface area contributed by atoms with Crippen molar-refractivity contribution >= 4 is 0 Å². The van der Waals surface area contributed by atoms with Crippen molar-refractivity contribution in [2.45, 2.75) is 31.9 Å². The topological polar surface area (TPSA) is 33.7 Å². The van der Waals surface area contributed by atoms with Crippen molar-refractivity contribution in [1.82, 2.24) is 10.2 Å². The Bertz CT molecular complexity index is 430. The Morgan fingerprint density at radius 1 is 1.20 bits per heavy atom. The summed E-state index contributed by atoms with van der Waals surface area (Å²) in [5.74, 6) is 1.73. The van der Waals surface area contributed by atoms with Crippen LogP contribution >= 0.6 is 0 Å². The third-order valence-corrected chi connectivity index (χ3v) is 4.24. The van der Waals surface area contributed by atoms with Crippen LogP contribution in [0.4, 0.5) is 0 Å². The van der Waals surface area contributed by atoms with Crippen molar-refractivity contribution in [3.63, 3.8) is 0 Å². The molecule has 2 aliphatic rings. The lowest BCUT2D eigenvalue weighted by Gasteiger charge is -2.33. The molecule has 1 aromatic carbocycles. The van der Waals surface area contributed by atoms with Crippen molar-refractivity contribution in [3.8, 4) is 11.5 Å². The highest BCUT2D eigenvalue weighted by Gasteiger charge is 2.23. The molecule has 0 radical (unpaired) electrons. The zero-order valence-electron chi connectivity index (χ0n) is 12.2. The van der Waals surface area contributed by atoms with Crippen LogP contribution in [0.1, 0.15) is 19.8 Å². The highest BCUT2D eigenvalue weighted by atomic mass is 16.6. The second kappa shape index (κ2) is 6.46. The largest absolute Gasteiger partial charge is 0.486 e. The zero-order chi connectivity index (χ0) is 13.8. The molecule has 2 heterocycles. The van der Waals surface area contributed by atoms with Crippen molar-refractivity contribution < 1.29 is 9.47 Å². The van der Waals surface area contributed by atoms with Gasteiger partial charge in [-0.25, -0.2) is 0 Å². The van der Waals surface area contributed by atoms with Crippen LogP contribution in [0, 0.1) is 0 Å². The van der Waals surface area contributed by atoms with E-state index < -0.39 is 0 Å². The molecule has 0 aliphatic carbocycles. The number of para-hydroxylation sites is 2. The molecule has 3 rings (SSSR count). The second-order valence-electron chi connectivity index (χ2n) is 5.61. The van der Waals surface area contributed by atoms with Crippen molar-refractivity contribution in [3.05, 3.63) is 24.3 Å². The molecule has 0 spiro atoms. The Morgan fingerprint density at radius 2 is 1.95 bits per heavy atom. The highest BCUT2D eigenvalue weighted by Crippen LogP contribution is 2.30. The second-order valence-corrected chi connectivity index (χ2v) is 5.61. The minimum absolute atomic E-state index is 0.120. The Labute approximate surface area is 121 Å². The normalized spacial score (nSPS) is 23.8. The van der Waals surface area contributed by atoms with Gasteiger partial charge in [-0.15, -0.1) is 0 Å². The first kappa shape index (κ1) is 13.7. The fraction of sp³-hybridized carbons (Fsp3) is 0.625. The molecular formula is C16H24N2O2. The maximum atomic E-state index is 5.97. The highest BCUT2D eigenvalue weighted by molar-refractivity contribution is 5.40. The van der Waals surface area contributed by atoms with E-state index in [4.69, 9.17) is 9.47 Å². The van der Waals surface area contributed by atoms with E-state index >= 15 is 0 Å². The fourth-order valence-corrected chi connectivity index (χ4v) is 2.92. The van der Waals surface area contributed by atoms with E-state index in [1.54, 1.807) is 0 Å². The predicted molar refractivity (Wildman–Crippen MR) is 79.5 cm³/mol. The number of likely N-dealkylation sites (tertiary alicyclic amines) is 1. The van der Waals surface area contributed by atoms with Gasteiger partial charge in [-0.05, 0) is 44.6 Å². The Balaban J connectivity index is 1.44. The summed E-state index contributed by atoms with van der Waals surface area (Å²) >= 11 is 0. The zero-order valence-corrected chi connectivity index (χ0v) is 12.2. The Morgan fingerprint density at radius 3 is 2.70 bits per heavy atom. The SMILES string of the molecule is CCN1CCC(NCC2COc3ccccc3O2)CC1. The molecule has 1 unspecified atom stereocenters. The summed E-state index contributed by atoms with van der Waals surface area (Å²) < 4.78 is 11.7. The standard InChI is InChI=1S/C16H24N2O2/c1-2-18-9-7-13(8-10-18)17-11-14-12-19-15-5-3-4-6-16(15)20-14/h3-6,13-14,17H,2,7-12H2,1H3. The molecule has 4 nitrogen and oxygen atoms in total. The molecule has 2 aliphatic heterocycles. The summed E-state index contributed by atoms with van der Waals surface area (Å²) in [7, 11) is 0. The Hall–Kier alpha value is -1.26. The number of piperidine rings is 1. The van der Waals surface area contributed by atoms with E-state index in [2.05, 4.69) is 17.1 Å². The number of nitrogens with zero attached hydrogens (tertiary/aromatic N) is 1. The number of hydrogen-bond acceptors (Lipinski definition) is 4.